The van der Waals surface area contributed by atoms with Gasteiger partial charge in [-0.2, -0.15) is 0 Å². The zero-order valence-electron chi connectivity index (χ0n) is 16.6. The minimum Gasteiger partial charge on any atom is -0.494 e. The number of ether oxygens (including phenoxy) is 1. The van der Waals surface area contributed by atoms with Gasteiger partial charge in [-0.3, -0.25) is 9.69 Å². The number of ketones is 1. The van der Waals surface area contributed by atoms with Gasteiger partial charge in [-0.05, 0) is 56.4 Å². The first kappa shape index (κ1) is 19.2. The topological polar surface area (TPSA) is 53.1 Å². The number of urea groups is 1. The second-order valence-electron chi connectivity index (χ2n) is 8.17. The van der Waals surface area contributed by atoms with Gasteiger partial charge in [0, 0.05) is 57.3 Å². The van der Waals surface area contributed by atoms with Crippen LogP contribution in [0.4, 0.5) is 4.79 Å². The maximum absolute atomic E-state index is 12.4. The predicted octanol–water partition coefficient (Wildman–Crippen LogP) is 2.88. The molecule has 1 aromatic rings. The van der Waals surface area contributed by atoms with Crippen molar-refractivity contribution in [3.05, 3.63) is 29.8 Å². The number of amides is 2. The zero-order valence-corrected chi connectivity index (χ0v) is 16.6. The number of benzene rings is 1. The minimum atomic E-state index is 0.226. The highest BCUT2D eigenvalue weighted by atomic mass is 16.5. The molecule has 0 spiro atoms. The summed E-state index contributed by atoms with van der Waals surface area (Å²) in [4.78, 5) is 30.9. The standard InChI is InChI=1S/C22H31N3O3/c26-21(18-4-5-18)19-6-8-20(9-7-19)28-17-3-10-23-13-15-25(16-14-23)22(27)24-11-1-2-12-24/h6-9,18H,1-5,10-17H2. The molecule has 152 valence electrons. The van der Waals surface area contributed by atoms with E-state index in [1.54, 1.807) is 0 Å². The number of carbonyl (C=O) groups is 2. The molecular formula is C22H31N3O3. The Labute approximate surface area is 167 Å². The Morgan fingerprint density at radius 2 is 1.54 bits per heavy atom. The molecule has 3 fully saturated rings. The molecule has 0 atom stereocenters. The summed E-state index contributed by atoms with van der Waals surface area (Å²) in [6, 6.07) is 7.79. The Hall–Kier alpha value is -2.08. The van der Waals surface area contributed by atoms with Crippen molar-refractivity contribution >= 4 is 11.8 Å². The van der Waals surface area contributed by atoms with Gasteiger partial charge in [0.15, 0.2) is 5.78 Å². The van der Waals surface area contributed by atoms with Crippen molar-refractivity contribution in [2.45, 2.75) is 32.1 Å². The summed E-state index contributed by atoms with van der Waals surface area (Å²) >= 11 is 0. The van der Waals surface area contributed by atoms with Gasteiger partial charge < -0.3 is 14.5 Å². The Bertz CT molecular complexity index is 673. The molecule has 2 aliphatic heterocycles. The van der Waals surface area contributed by atoms with Gasteiger partial charge >= 0.3 is 6.03 Å². The zero-order chi connectivity index (χ0) is 19.3. The van der Waals surface area contributed by atoms with E-state index in [4.69, 9.17) is 4.74 Å². The summed E-state index contributed by atoms with van der Waals surface area (Å²) in [5, 5.41) is 0. The normalized spacial score (nSPS) is 20.4. The lowest BCUT2D eigenvalue weighted by Gasteiger charge is -2.36. The van der Waals surface area contributed by atoms with Crippen LogP contribution in [0.5, 0.6) is 5.75 Å². The third kappa shape index (κ3) is 4.85. The molecule has 3 aliphatic rings. The summed E-state index contributed by atoms with van der Waals surface area (Å²) in [6.07, 6.45) is 5.33. The van der Waals surface area contributed by atoms with Crippen LogP contribution in [-0.4, -0.2) is 78.9 Å². The summed E-state index contributed by atoms with van der Waals surface area (Å²) in [7, 11) is 0. The highest BCUT2D eigenvalue weighted by Gasteiger charge is 2.30. The van der Waals surface area contributed by atoms with Crippen LogP contribution in [0.3, 0.4) is 0 Å². The number of likely N-dealkylation sites (tertiary alicyclic amines) is 1. The number of hydrogen-bond acceptors (Lipinski definition) is 4. The van der Waals surface area contributed by atoms with Crippen LogP contribution in [-0.2, 0) is 0 Å². The summed E-state index contributed by atoms with van der Waals surface area (Å²) in [5.74, 6) is 1.36. The van der Waals surface area contributed by atoms with E-state index >= 15 is 0 Å². The maximum atomic E-state index is 12.4. The summed E-state index contributed by atoms with van der Waals surface area (Å²) in [6.45, 7) is 7.04. The smallest absolute Gasteiger partial charge is 0.320 e. The molecule has 1 aliphatic carbocycles. The Balaban J connectivity index is 1.11. The number of hydrogen-bond donors (Lipinski definition) is 0. The summed E-state index contributed by atoms with van der Waals surface area (Å²) in [5.41, 5.74) is 0.802. The van der Waals surface area contributed by atoms with Crippen LogP contribution in [0.1, 0.15) is 42.5 Å². The van der Waals surface area contributed by atoms with Gasteiger partial charge in [0.1, 0.15) is 5.75 Å². The number of Topliss-reactive ketones (excluding diaryl/α,β-unsaturated/α-hetero) is 1. The van der Waals surface area contributed by atoms with E-state index in [-0.39, 0.29) is 17.7 Å². The molecule has 1 aromatic carbocycles. The molecule has 28 heavy (non-hydrogen) atoms. The summed E-state index contributed by atoms with van der Waals surface area (Å²) < 4.78 is 5.83. The minimum absolute atomic E-state index is 0.226. The Kier molecular flexibility index (Phi) is 6.15. The van der Waals surface area contributed by atoms with Crippen LogP contribution in [0.2, 0.25) is 0 Å². The predicted molar refractivity (Wildman–Crippen MR) is 108 cm³/mol. The van der Waals surface area contributed by atoms with E-state index < -0.39 is 0 Å². The maximum Gasteiger partial charge on any atom is 0.320 e. The molecule has 6 heteroatoms. The van der Waals surface area contributed by atoms with E-state index in [0.29, 0.717) is 6.61 Å². The van der Waals surface area contributed by atoms with E-state index in [1.807, 2.05) is 34.1 Å². The molecule has 0 bridgehead atoms. The van der Waals surface area contributed by atoms with Crippen molar-refractivity contribution in [1.29, 1.82) is 0 Å². The Morgan fingerprint density at radius 1 is 0.893 bits per heavy atom. The third-order valence-corrected chi connectivity index (χ3v) is 5.99. The van der Waals surface area contributed by atoms with Gasteiger partial charge in [-0.15, -0.1) is 0 Å². The lowest BCUT2D eigenvalue weighted by atomic mass is 10.1. The van der Waals surface area contributed by atoms with Gasteiger partial charge in [0.25, 0.3) is 0 Å². The van der Waals surface area contributed by atoms with Crippen molar-refractivity contribution in [3.63, 3.8) is 0 Å². The fraction of sp³-hybridized carbons (Fsp3) is 0.636. The quantitative estimate of drug-likeness (QED) is 0.535. The number of piperazine rings is 1. The van der Waals surface area contributed by atoms with E-state index in [0.717, 1.165) is 89.2 Å². The van der Waals surface area contributed by atoms with Crippen molar-refractivity contribution in [3.8, 4) is 5.75 Å². The average molecular weight is 386 g/mol. The van der Waals surface area contributed by atoms with E-state index in [1.165, 1.54) is 0 Å². The molecular weight excluding hydrogens is 354 g/mol. The third-order valence-electron chi connectivity index (χ3n) is 5.99. The molecule has 0 radical (unpaired) electrons. The lowest BCUT2D eigenvalue weighted by Crippen LogP contribution is -2.52. The average Bonchev–Trinajstić information content (AvgIpc) is 3.45. The van der Waals surface area contributed by atoms with Gasteiger partial charge in [0.05, 0.1) is 6.61 Å². The molecule has 0 unspecified atom stereocenters. The van der Waals surface area contributed by atoms with Crippen LogP contribution >= 0.6 is 0 Å². The number of nitrogens with zero attached hydrogens (tertiary/aromatic N) is 3. The molecule has 0 N–H and O–H groups in total. The van der Waals surface area contributed by atoms with Crippen molar-refractivity contribution in [1.82, 2.24) is 14.7 Å². The first-order valence-electron chi connectivity index (χ1n) is 10.7. The SMILES string of the molecule is O=C(c1ccc(OCCCN2CCN(C(=O)N3CCCC3)CC2)cc1)C1CC1. The molecule has 2 saturated heterocycles. The first-order valence-corrected chi connectivity index (χ1v) is 10.7. The number of carbonyl (C=O) groups excluding carboxylic acids is 2. The van der Waals surface area contributed by atoms with Crippen molar-refractivity contribution < 1.29 is 14.3 Å². The van der Waals surface area contributed by atoms with Gasteiger partial charge in [0.2, 0.25) is 0 Å². The second kappa shape index (κ2) is 8.95. The highest BCUT2D eigenvalue weighted by molar-refractivity contribution is 5.99. The molecule has 4 rings (SSSR count). The lowest BCUT2D eigenvalue weighted by molar-refractivity contribution is 0.0967. The fourth-order valence-corrected chi connectivity index (χ4v) is 4.05. The van der Waals surface area contributed by atoms with Crippen LogP contribution < -0.4 is 4.74 Å². The molecule has 6 nitrogen and oxygen atoms in total. The van der Waals surface area contributed by atoms with Crippen LogP contribution in [0.15, 0.2) is 24.3 Å². The number of rotatable bonds is 7. The van der Waals surface area contributed by atoms with Gasteiger partial charge in [-0.25, -0.2) is 4.79 Å². The largest absolute Gasteiger partial charge is 0.494 e. The highest BCUT2D eigenvalue weighted by Crippen LogP contribution is 2.32. The monoisotopic (exact) mass is 385 g/mol. The second-order valence-corrected chi connectivity index (χ2v) is 8.17. The van der Waals surface area contributed by atoms with Crippen LogP contribution in [0.25, 0.3) is 0 Å². The molecule has 2 amide bonds. The van der Waals surface area contributed by atoms with Crippen LogP contribution in [0, 0.1) is 5.92 Å². The molecule has 1 saturated carbocycles. The van der Waals surface area contributed by atoms with Crippen molar-refractivity contribution in [2.24, 2.45) is 5.92 Å². The van der Waals surface area contributed by atoms with E-state index in [2.05, 4.69) is 4.90 Å². The van der Waals surface area contributed by atoms with Gasteiger partial charge in [-0.1, -0.05) is 0 Å². The van der Waals surface area contributed by atoms with Crippen molar-refractivity contribution in [2.75, 3.05) is 52.4 Å². The Morgan fingerprint density at radius 3 is 2.18 bits per heavy atom. The first-order chi connectivity index (χ1) is 13.7. The molecule has 2 heterocycles. The molecule has 0 aromatic heterocycles. The fourth-order valence-electron chi connectivity index (χ4n) is 4.05. The van der Waals surface area contributed by atoms with E-state index in [9.17, 15) is 9.59 Å².